The van der Waals surface area contributed by atoms with Gasteiger partial charge < -0.3 is 28.2 Å². The molecule has 12 nitrogen and oxygen atoms in total. The van der Waals surface area contributed by atoms with Crippen molar-refractivity contribution >= 4 is 31.5 Å². The van der Waals surface area contributed by atoms with Crippen LogP contribution < -0.4 is 0 Å². The zero-order valence-corrected chi connectivity index (χ0v) is 23.2. The highest BCUT2D eigenvalue weighted by Gasteiger charge is 2.31. The van der Waals surface area contributed by atoms with Crippen molar-refractivity contribution in [3.63, 3.8) is 0 Å². The Morgan fingerprint density at radius 1 is 0.676 bits per heavy atom. The summed E-state index contributed by atoms with van der Waals surface area (Å²) < 4.78 is 47.9. The van der Waals surface area contributed by atoms with Crippen molar-refractivity contribution in [1.82, 2.24) is 0 Å². The predicted molar refractivity (Wildman–Crippen MR) is 135 cm³/mol. The van der Waals surface area contributed by atoms with Crippen LogP contribution in [-0.2, 0) is 56.5 Å². The number of carbonyl (C=O) groups excluding carboxylic acids is 4. The lowest BCUT2D eigenvalue weighted by molar-refractivity contribution is -0.176. The molecular formula is C24H45O12P. The van der Waals surface area contributed by atoms with E-state index in [0.29, 0.717) is 0 Å². The zero-order valence-electron chi connectivity index (χ0n) is 22.3. The number of carbonyl (C=O) groups is 4. The molecule has 37 heavy (non-hydrogen) atoms. The van der Waals surface area contributed by atoms with Gasteiger partial charge in [0.05, 0.1) is 6.61 Å². The molecule has 0 aliphatic carbocycles. The standard InChI is InChI=1S/C23H41O12P.CH4/c1-8-10-11-12-13-32-36(28,9-2)35-19(6)23(27)34-18(5)21(25)31-15-14-30-20(24)17(4)33-22(26)16(3)29-7;/h16-19H,8-15H2,1-7H3;1H4. The van der Waals surface area contributed by atoms with Crippen LogP contribution in [-0.4, -0.2) is 81.4 Å². The molecule has 0 aromatic heterocycles. The van der Waals surface area contributed by atoms with Gasteiger partial charge >= 0.3 is 31.5 Å². The monoisotopic (exact) mass is 556 g/mol. The SMILES string of the molecule is C.CCCCCCOP(=O)(CC)OC(C)C(=O)OC(C)C(=O)OCCOC(=O)C(C)OC(=O)C(C)OC. The van der Waals surface area contributed by atoms with Crippen molar-refractivity contribution in [1.29, 1.82) is 0 Å². The molecule has 0 saturated heterocycles. The molecule has 13 heteroatoms. The molecule has 0 aliphatic rings. The summed E-state index contributed by atoms with van der Waals surface area (Å²) in [6.45, 7) is 8.78. The van der Waals surface area contributed by atoms with Gasteiger partial charge in [0.1, 0.15) is 13.2 Å². The third-order valence-corrected chi connectivity index (χ3v) is 6.82. The number of unbranched alkanes of at least 4 members (excludes halogenated alkanes) is 3. The first-order chi connectivity index (χ1) is 16.9. The van der Waals surface area contributed by atoms with Gasteiger partial charge in [0, 0.05) is 13.3 Å². The third kappa shape index (κ3) is 15.8. The van der Waals surface area contributed by atoms with E-state index in [2.05, 4.69) is 6.92 Å². The molecule has 0 amide bonds. The number of hydrogen-bond acceptors (Lipinski definition) is 12. The Morgan fingerprint density at radius 3 is 1.59 bits per heavy atom. The molecule has 0 spiro atoms. The molecule has 5 atom stereocenters. The van der Waals surface area contributed by atoms with E-state index in [1.807, 2.05) is 0 Å². The van der Waals surface area contributed by atoms with Crippen molar-refractivity contribution < 1.29 is 56.5 Å². The van der Waals surface area contributed by atoms with Crippen LogP contribution in [0.1, 0.15) is 74.7 Å². The van der Waals surface area contributed by atoms with Crippen LogP contribution >= 0.6 is 7.60 Å². The Balaban J connectivity index is 0. The van der Waals surface area contributed by atoms with E-state index in [1.54, 1.807) is 6.92 Å². The topological polar surface area (TPSA) is 150 Å². The molecule has 5 unspecified atom stereocenters. The molecule has 218 valence electrons. The van der Waals surface area contributed by atoms with E-state index in [4.69, 9.17) is 32.7 Å². The first-order valence-electron chi connectivity index (χ1n) is 12.1. The van der Waals surface area contributed by atoms with Gasteiger partial charge in [-0.15, -0.1) is 0 Å². The lowest BCUT2D eigenvalue weighted by atomic mass is 10.2. The van der Waals surface area contributed by atoms with Gasteiger partial charge in [0.25, 0.3) is 0 Å². The average Bonchev–Trinajstić information content (AvgIpc) is 2.85. The van der Waals surface area contributed by atoms with Gasteiger partial charge in [-0.1, -0.05) is 40.5 Å². The van der Waals surface area contributed by atoms with E-state index >= 15 is 0 Å². The Bertz CT molecular complexity index is 741. The molecule has 0 radical (unpaired) electrons. The van der Waals surface area contributed by atoms with Gasteiger partial charge in [-0.25, -0.2) is 19.2 Å². The maximum Gasteiger partial charge on any atom is 0.347 e. The van der Waals surface area contributed by atoms with Gasteiger partial charge in [0.2, 0.25) is 0 Å². The van der Waals surface area contributed by atoms with E-state index in [9.17, 15) is 23.7 Å². The largest absolute Gasteiger partial charge is 0.459 e. The number of esters is 4. The quantitative estimate of drug-likeness (QED) is 0.0984. The summed E-state index contributed by atoms with van der Waals surface area (Å²) in [6.07, 6.45) is -0.672. The first kappa shape index (κ1) is 37.1. The van der Waals surface area contributed by atoms with Gasteiger partial charge in [-0.3, -0.25) is 9.09 Å². The second-order valence-electron chi connectivity index (χ2n) is 7.94. The Labute approximate surface area is 220 Å². The fraction of sp³-hybridized carbons (Fsp3) is 0.833. The summed E-state index contributed by atoms with van der Waals surface area (Å²) in [5, 5.41) is 0. The van der Waals surface area contributed by atoms with Crippen molar-refractivity contribution in [2.24, 2.45) is 0 Å². The maximum atomic E-state index is 12.7. The summed E-state index contributed by atoms with van der Waals surface area (Å²) in [7, 11) is -2.16. The molecule has 0 aliphatic heterocycles. The van der Waals surface area contributed by atoms with E-state index < -0.39 is 55.9 Å². The summed E-state index contributed by atoms with van der Waals surface area (Å²) in [5.41, 5.74) is 0. The molecule has 0 rings (SSSR count). The van der Waals surface area contributed by atoms with Crippen molar-refractivity contribution in [2.45, 2.75) is 99.1 Å². The molecule has 0 aromatic rings. The summed E-state index contributed by atoms with van der Waals surface area (Å²) in [5.74, 6) is -3.35. The van der Waals surface area contributed by atoms with E-state index in [1.165, 1.54) is 34.8 Å². The fourth-order valence-corrected chi connectivity index (χ4v) is 3.83. The summed E-state index contributed by atoms with van der Waals surface area (Å²) >= 11 is 0. The molecule has 0 heterocycles. The molecular weight excluding hydrogens is 511 g/mol. The van der Waals surface area contributed by atoms with Crippen LogP contribution in [0.3, 0.4) is 0 Å². The summed E-state index contributed by atoms with van der Waals surface area (Å²) in [6, 6.07) is 0. The molecule has 0 aromatic carbocycles. The first-order valence-corrected chi connectivity index (χ1v) is 13.8. The minimum Gasteiger partial charge on any atom is -0.459 e. The lowest BCUT2D eigenvalue weighted by Crippen LogP contribution is -2.33. The Hall–Kier alpha value is -2.01. The van der Waals surface area contributed by atoms with Crippen LogP contribution in [0.4, 0.5) is 0 Å². The number of methoxy groups -OCH3 is 1. The highest BCUT2D eigenvalue weighted by atomic mass is 31.2. The minimum atomic E-state index is -3.49. The third-order valence-electron chi connectivity index (χ3n) is 4.83. The van der Waals surface area contributed by atoms with Gasteiger partial charge in [0.15, 0.2) is 24.4 Å². The minimum absolute atomic E-state index is 0. The van der Waals surface area contributed by atoms with Crippen molar-refractivity contribution in [3.05, 3.63) is 0 Å². The van der Waals surface area contributed by atoms with Crippen LogP contribution in [0.5, 0.6) is 0 Å². The van der Waals surface area contributed by atoms with E-state index in [0.717, 1.165) is 25.7 Å². The van der Waals surface area contributed by atoms with Crippen LogP contribution in [0.25, 0.3) is 0 Å². The zero-order chi connectivity index (χ0) is 27.7. The Morgan fingerprint density at radius 2 is 1.16 bits per heavy atom. The van der Waals surface area contributed by atoms with Crippen LogP contribution in [0.2, 0.25) is 0 Å². The number of hydrogen-bond donors (Lipinski definition) is 0. The second kappa shape index (κ2) is 20.0. The summed E-state index contributed by atoms with van der Waals surface area (Å²) in [4.78, 5) is 47.8. The van der Waals surface area contributed by atoms with Gasteiger partial charge in [-0.2, -0.15) is 0 Å². The lowest BCUT2D eigenvalue weighted by Gasteiger charge is -2.21. The molecule has 0 saturated carbocycles. The van der Waals surface area contributed by atoms with Gasteiger partial charge in [-0.05, 0) is 34.1 Å². The van der Waals surface area contributed by atoms with Crippen LogP contribution in [0.15, 0.2) is 0 Å². The normalized spacial score (nSPS) is 15.6. The van der Waals surface area contributed by atoms with Crippen molar-refractivity contribution in [2.75, 3.05) is 33.1 Å². The number of rotatable bonds is 19. The second-order valence-corrected chi connectivity index (χ2v) is 10.3. The smallest absolute Gasteiger partial charge is 0.347 e. The number of ether oxygens (including phenoxy) is 5. The Kier molecular flexibility index (Phi) is 20.1. The van der Waals surface area contributed by atoms with E-state index in [-0.39, 0.29) is 33.4 Å². The highest BCUT2D eigenvalue weighted by Crippen LogP contribution is 2.49. The van der Waals surface area contributed by atoms with Crippen molar-refractivity contribution in [3.8, 4) is 0 Å². The molecule has 0 N–H and O–H groups in total. The maximum absolute atomic E-state index is 12.7. The predicted octanol–water partition coefficient (Wildman–Crippen LogP) is 3.82. The molecule has 0 fully saturated rings. The van der Waals surface area contributed by atoms with Crippen LogP contribution in [0, 0.1) is 0 Å². The fourth-order valence-electron chi connectivity index (χ4n) is 2.46. The highest BCUT2D eigenvalue weighted by molar-refractivity contribution is 7.53. The molecule has 0 bridgehead atoms. The average molecular weight is 557 g/mol.